The summed E-state index contributed by atoms with van der Waals surface area (Å²) < 4.78 is 6.81. The Morgan fingerprint density at radius 2 is 2.19 bits per heavy atom. The highest BCUT2D eigenvalue weighted by atomic mass is 79.9. The fraction of sp³-hybridized carbons (Fsp3) is 0.250. The SMILES string of the molecule is CCc1cc(=O)[nH]c(-c2ccc(NCc3cc(Br)cc4c3OCC4)nc2)n1. The highest BCUT2D eigenvalue weighted by molar-refractivity contribution is 9.10. The van der Waals surface area contributed by atoms with Gasteiger partial charge in [0.15, 0.2) is 0 Å². The van der Waals surface area contributed by atoms with E-state index in [2.05, 4.69) is 48.3 Å². The lowest BCUT2D eigenvalue weighted by atomic mass is 10.1. The van der Waals surface area contributed by atoms with Crippen LogP contribution in [0.4, 0.5) is 5.82 Å². The smallest absolute Gasteiger partial charge is 0.251 e. The number of aromatic amines is 1. The van der Waals surface area contributed by atoms with Crippen molar-refractivity contribution >= 4 is 21.7 Å². The molecular weight excluding hydrogens is 408 g/mol. The number of pyridine rings is 1. The number of hydrogen-bond donors (Lipinski definition) is 2. The van der Waals surface area contributed by atoms with Crippen molar-refractivity contribution in [3.05, 3.63) is 68.2 Å². The number of nitrogens with zero attached hydrogens (tertiary/aromatic N) is 2. The number of aromatic nitrogens is 3. The zero-order valence-corrected chi connectivity index (χ0v) is 16.5. The standard InChI is InChI=1S/C20H19BrN4O2/c1-2-16-9-18(26)25-20(24-16)13-3-4-17(22-10-13)23-11-14-8-15(21)7-12-5-6-27-19(12)14/h3-4,7-10H,2,5-6,11H2,1H3,(H,22,23)(H,24,25,26). The van der Waals surface area contributed by atoms with Crippen LogP contribution in [0.3, 0.4) is 0 Å². The number of anilines is 1. The fourth-order valence-corrected chi connectivity index (χ4v) is 3.68. The molecule has 2 aromatic heterocycles. The molecule has 0 saturated heterocycles. The number of halogens is 1. The average Bonchev–Trinajstić information content (AvgIpc) is 3.14. The third-order valence-electron chi connectivity index (χ3n) is 4.48. The van der Waals surface area contributed by atoms with E-state index in [4.69, 9.17) is 4.74 Å². The molecule has 0 unspecified atom stereocenters. The Bertz CT molecular complexity index is 1030. The molecule has 7 heteroatoms. The minimum Gasteiger partial charge on any atom is -0.493 e. The second-order valence-electron chi connectivity index (χ2n) is 6.38. The van der Waals surface area contributed by atoms with Gasteiger partial charge in [-0.2, -0.15) is 0 Å². The number of fused-ring (bicyclic) bond motifs is 1. The first-order valence-corrected chi connectivity index (χ1v) is 9.66. The molecule has 0 saturated carbocycles. The van der Waals surface area contributed by atoms with Gasteiger partial charge in [0.25, 0.3) is 5.56 Å². The van der Waals surface area contributed by atoms with Crippen molar-refractivity contribution < 1.29 is 4.74 Å². The second-order valence-corrected chi connectivity index (χ2v) is 7.29. The Kier molecular flexibility index (Phi) is 4.94. The lowest BCUT2D eigenvalue weighted by Crippen LogP contribution is -2.10. The van der Waals surface area contributed by atoms with Gasteiger partial charge in [-0.1, -0.05) is 22.9 Å². The summed E-state index contributed by atoms with van der Waals surface area (Å²) in [7, 11) is 0. The summed E-state index contributed by atoms with van der Waals surface area (Å²) >= 11 is 3.56. The number of H-pyrrole nitrogens is 1. The van der Waals surface area contributed by atoms with Gasteiger partial charge < -0.3 is 15.0 Å². The number of aryl methyl sites for hydroxylation is 1. The van der Waals surface area contributed by atoms with E-state index in [0.717, 1.165) is 45.9 Å². The van der Waals surface area contributed by atoms with Crippen LogP contribution in [-0.4, -0.2) is 21.6 Å². The summed E-state index contributed by atoms with van der Waals surface area (Å²) in [5.74, 6) is 2.26. The van der Waals surface area contributed by atoms with Crippen molar-refractivity contribution in [3.63, 3.8) is 0 Å². The summed E-state index contributed by atoms with van der Waals surface area (Å²) in [4.78, 5) is 23.4. The van der Waals surface area contributed by atoms with Gasteiger partial charge >= 0.3 is 0 Å². The first kappa shape index (κ1) is 17.7. The van der Waals surface area contributed by atoms with E-state index in [0.29, 0.717) is 18.8 Å². The van der Waals surface area contributed by atoms with Gasteiger partial charge in [-0.15, -0.1) is 0 Å². The Morgan fingerprint density at radius 1 is 1.30 bits per heavy atom. The van der Waals surface area contributed by atoms with Gasteiger partial charge in [0.05, 0.1) is 6.61 Å². The van der Waals surface area contributed by atoms with Crippen LogP contribution in [0.1, 0.15) is 23.7 Å². The molecule has 0 amide bonds. The van der Waals surface area contributed by atoms with Crippen LogP contribution in [0.2, 0.25) is 0 Å². The highest BCUT2D eigenvalue weighted by Gasteiger charge is 2.17. The molecule has 1 aliphatic rings. The van der Waals surface area contributed by atoms with Gasteiger partial charge in [-0.05, 0) is 36.2 Å². The monoisotopic (exact) mass is 426 g/mol. The summed E-state index contributed by atoms with van der Waals surface area (Å²) in [5.41, 5.74) is 3.72. The van der Waals surface area contributed by atoms with Crippen molar-refractivity contribution in [2.45, 2.75) is 26.3 Å². The maximum Gasteiger partial charge on any atom is 0.251 e. The maximum absolute atomic E-state index is 11.7. The Labute approximate surface area is 165 Å². The summed E-state index contributed by atoms with van der Waals surface area (Å²) in [6.07, 6.45) is 3.36. The molecule has 27 heavy (non-hydrogen) atoms. The van der Waals surface area contributed by atoms with Crippen LogP contribution in [0.5, 0.6) is 5.75 Å². The van der Waals surface area contributed by atoms with Crippen molar-refractivity contribution in [2.24, 2.45) is 0 Å². The number of rotatable bonds is 5. The molecule has 138 valence electrons. The molecule has 0 atom stereocenters. The minimum atomic E-state index is -0.150. The third kappa shape index (κ3) is 3.88. The molecule has 1 aromatic carbocycles. The van der Waals surface area contributed by atoms with E-state index < -0.39 is 0 Å². The van der Waals surface area contributed by atoms with Gasteiger partial charge in [-0.3, -0.25) is 4.79 Å². The van der Waals surface area contributed by atoms with Gasteiger partial charge in [0.1, 0.15) is 17.4 Å². The lowest BCUT2D eigenvalue weighted by molar-refractivity contribution is 0.354. The van der Waals surface area contributed by atoms with E-state index >= 15 is 0 Å². The molecule has 1 aliphatic heterocycles. The molecule has 0 fully saturated rings. The molecule has 6 nitrogen and oxygen atoms in total. The summed E-state index contributed by atoms with van der Waals surface area (Å²) in [6.45, 7) is 3.32. The number of hydrogen-bond acceptors (Lipinski definition) is 5. The number of nitrogens with one attached hydrogen (secondary N) is 2. The van der Waals surface area contributed by atoms with Crippen LogP contribution < -0.4 is 15.6 Å². The zero-order chi connectivity index (χ0) is 18.8. The Morgan fingerprint density at radius 3 is 2.96 bits per heavy atom. The molecule has 0 spiro atoms. The summed E-state index contributed by atoms with van der Waals surface area (Å²) in [5, 5.41) is 3.33. The molecule has 2 N–H and O–H groups in total. The molecule has 0 radical (unpaired) electrons. The molecule has 0 aliphatic carbocycles. The minimum absolute atomic E-state index is 0.150. The van der Waals surface area contributed by atoms with Crippen LogP contribution in [0.15, 0.2) is 45.8 Å². The van der Waals surface area contributed by atoms with Gasteiger partial charge in [0, 0.05) is 46.5 Å². The zero-order valence-electron chi connectivity index (χ0n) is 14.9. The van der Waals surface area contributed by atoms with E-state index in [1.54, 1.807) is 6.20 Å². The van der Waals surface area contributed by atoms with Gasteiger partial charge in [0.2, 0.25) is 0 Å². The predicted molar refractivity (Wildman–Crippen MR) is 108 cm³/mol. The molecule has 3 heterocycles. The normalized spacial score (nSPS) is 12.5. The van der Waals surface area contributed by atoms with Crippen LogP contribution >= 0.6 is 15.9 Å². The van der Waals surface area contributed by atoms with Crippen molar-refractivity contribution in [1.82, 2.24) is 15.0 Å². The molecule has 3 aromatic rings. The third-order valence-corrected chi connectivity index (χ3v) is 4.94. The molecule has 0 bridgehead atoms. The van der Waals surface area contributed by atoms with Crippen LogP contribution in [0.25, 0.3) is 11.4 Å². The highest BCUT2D eigenvalue weighted by Crippen LogP contribution is 2.33. The predicted octanol–water partition coefficient (Wildman–Crippen LogP) is 3.70. The van der Waals surface area contributed by atoms with Crippen LogP contribution in [-0.2, 0) is 19.4 Å². The fourth-order valence-electron chi connectivity index (χ4n) is 3.13. The number of ether oxygens (including phenoxy) is 1. The molecule has 4 rings (SSSR count). The van der Waals surface area contributed by atoms with Crippen molar-refractivity contribution in [2.75, 3.05) is 11.9 Å². The quantitative estimate of drug-likeness (QED) is 0.649. The van der Waals surface area contributed by atoms with E-state index in [9.17, 15) is 4.79 Å². The Hall–Kier alpha value is -2.67. The van der Waals surface area contributed by atoms with E-state index in [1.165, 1.54) is 11.6 Å². The van der Waals surface area contributed by atoms with Gasteiger partial charge in [-0.25, -0.2) is 9.97 Å². The first-order valence-electron chi connectivity index (χ1n) is 8.87. The lowest BCUT2D eigenvalue weighted by Gasteiger charge is -2.11. The first-order chi connectivity index (χ1) is 13.1. The topological polar surface area (TPSA) is 79.9 Å². The van der Waals surface area contributed by atoms with E-state index in [1.807, 2.05) is 19.1 Å². The summed E-state index contributed by atoms with van der Waals surface area (Å²) in [6, 6.07) is 9.47. The Balaban J connectivity index is 1.51. The average molecular weight is 427 g/mol. The second kappa shape index (κ2) is 7.52. The van der Waals surface area contributed by atoms with Crippen LogP contribution in [0, 0.1) is 0 Å². The van der Waals surface area contributed by atoms with E-state index in [-0.39, 0.29) is 5.56 Å². The number of benzene rings is 1. The maximum atomic E-state index is 11.7. The molecular formula is C20H19BrN4O2. The van der Waals surface area contributed by atoms with Crippen molar-refractivity contribution in [1.29, 1.82) is 0 Å². The largest absolute Gasteiger partial charge is 0.493 e. The van der Waals surface area contributed by atoms with Crippen molar-refractivity contribution in [3.8, 4) is 17.1 Å².